The lowest BCUT2D eigenvalue weighted by molar-refractivity contribution is 0.293. The van der Waals surface area contributed by atoms with Gasteiger partial charge in [-0.25, -0.2) is 0 Å². The fraction of sp³-hybridized carbons (Fsp3) is 0.938. The summed E-state index contributed by atoms with van der Waals surface area (Å²) >= 11 is 1.98. The second kappa shape index (κ2) is 5.67. The highest BCUT2D eigenvalue weighted by atomic mass is 32.2. The molecule has 0 amide bonds. The van der Waals surface area contributed by atoms with Gasteiger partial charge in [0.15, 0.2) is 5.17 Å². The molecule has 0 unspecified atom stereocenters. The van der Waals surface area contributed by atoms with Crippen LogP contribution in [-0.2, 0) is 0 Å². The second-order valence-electron chi connectivity index (χ2n) is 6.94. The third kappa shape index (κ3) is 2.96. The Balaban J connectivity index is 1.59. The van der Waals surface area contributed by atoms with E-state index in [4.69, 9.17) is 4.99 Å². The predicted octanol–water partition coefficient (Wildman–Crippen LogP) is 4.35. The Morgan fingerprint density at radius 3 is 2.42 bits per heavy atom. The van der Waals surface area contributed by atoms with Crippen LogP contribution in [0.1, 0.15) is 71.1 Å². The SMILES string of the molecule is CCC1(CN=C2NC3(CCCCC3)CS2)CCCC1. The van der Waals surface area contributed by atoms with Crippen LogP contribution in [0.25, 0.3) is 0 Å². The molecule has 0 bridgehead atoms. The average molecular weight is 280 g/mol. The van der Waals surface area contributed by atoms with Gasteiger partial charge < -0.3 is 5.32 Å². The lowest BCUT2D eigenvalue weighted by Gasteiger charge is -2.33. The van der Waals surface area contributed by atoms with Gasteiger partial charge in [-0.05, 0) is 37.5 Å². The van der Waals surface area contributed by atoms with Gasteiger partial charge in [-0.3, -0.25) is 4.99 Å². The van der Waals surface area contributed by atoms with E-state index in [1.165, 1.54) is 75.1 Å². The van der Waals surface area contributed by atoms with E-state index in [-0.39, 0.29) is 0 Å². The molecule has 0 aromatic carbocycles. The molecule has 1 saturated heterocycles. The Morgan fingerprint density at radius 1 is 1.05 bits per heavy atom. The quantitative estimate of drug-likeness (QED) is 0.831. The molecule has 2 saturated carbocycles. The van der Waals surface area contributed by atoms with Gasteiger partial charge in [-0.2, -0.15) is 0 Å². The first-order chi connectivity index (χ1) is 9.26. The highest BCUT2D eigenvalue weighted by Crippen LogP contribution is 2.42. The molecule has 2 aliphatic carbocycles. The number of hydrogen-bond acceptors (Lipinski definition) is 2. The number of amidine groups is 1. The Morgan fingerprint density at radius 2 is 1.74 bits per heavy atom. The molecule has 2 nitrogen and oxygen atoms in total. The van der Waals surface area contributed by atoms with Crippen LogP contribution in [0.15, 0.2) is 4.99 Å². The van der Waals surface area contributed by atoms with Crippen molar-refractivity contribution in [2.24, 2.45) is 10.4 Å². The van der Waals surface area contributed by atoms with Gasteiger partial charge in [-0.1, -0.05) is 50.8 Å². The summed E-state index contributed by atoms with van der Waals surface area (Å²) in [6, 6.07) is 0. The minimum atomic E-state index is 0.413. The van der Waals surface area contributed by atoms with E-state index in [9.17, 15) is 0 Å². The van der Waals surface area contributed by atoms with Crippen molar-refractivity contribution in [3.8, 4) is 0 Å². The number of aliphatic imine (C=N–C) groups is 1. The van der Waals surface area contributed by atoms with Crippen LogP contribution >= 0.6 is 11.8 Å². The van der Waals surface area contributed by atoms with Gasteiger partial charge in [0.05, 0.1) is 0 Å². The molecule has 1 N–H and O–H groups in total. The summed E-state index contributed by atoms with van der Waals surface area (Å²) < 4.78 is 0. The maximum absolute atomic E-state index is 4.97. The largest absolute Gasteiger partial charge is 0.359 e. The lowest BCUT2D eigenvalue weighted by Crippen LogP contribution is -2.45. The zero-order valence-electron chi connectivity index (χ0n) is 12.3. The minimum Gasteiger partial charge on any atom is -0.359 e. The molecular weight excluding hydrogens is 252 g/mol. The standard InChI is InChI=1S/C16H28N2S/c1-2-15(8-6-7-9-15)12-17-14-18-16(13-19-14)10-4-3-5-11-16/h2-13H2,1H3,(H,17,18). The maximum atomic E-state index is 4.97. The minimum absolute atomic E-state index is 0.413. The maximum Gasteiger partial charge on any atom is 0.157 e. The fourth-order valence-corrected chi connectivity index (χ4v) is 5.29. The molecule has 1 heterocycles. The zero-order chi connectivity index (χ0) is 13.2. The van der Waals surface area contributed by atoms with Crippen molar-refractivity contribution in [3.05, 3.63) is 0 Å². The number of nitrogens with one attached hydrogen (secondary N) is 1. The molecule has 0 aromatic rings. The Kier molecular flexibility index (Phi) is 4.11. The third-order valence-corrected chi connectivity index (χ3v) is 6.84. The van der Waals surface area contributed by atoms with Gasteiger partial charge in [0, 0.05) is 17.8 Å². The van der Waals surface area contributed by atoms with Gasteiger partial charge in [0.2, 0.25) is 0 Å². The van der Waals surface area contributed by atoms with Crippen molar-refractivity contribution < 1.29 is 0 Å². The molecule has 3 aliphatic rings. The first-order valence-electron chi connectivity index (χ1n) is 8.21. The van der Waals surface area contributed by atoms with Gasteiger partial charge in [-0.15, -0.1) is 0 Å². The lowest BCUT2D eigenvalue weighted by atomic mass is 9.83. The normalized spacial score (nSPS) is 30.9. The average Bonchev–Trinajstić information content (AvgIpc) is 3.06. The first kappa shape index (κ1) is 13.8. The summed E-state index contributed by atoms with van der Waals surface area (Å²) in [5.41, 5.74) is 0.953. The Bertz CT molecular complexity index is 339. The third-order valence-electron chi connectivity index (χ3n) is 5.64. The molecular formula is C16H28N2S. The Labute approximate surface area is 122 Å². The fourth-order valence-electron chi connectivity index (χ4n) is 4.08. The summed E-state index contributed by atoms with van der Waals surface area (Å²) in [7, 11) is 0. The monoisotopic (exact) mass is 280 g/mol. The summed E-state index contributed by atoms with van der Waals surface area (Å²) in [6.07, 6.45) is 13.9. The van der Waals surface area contributed by atoms with Crippen LogP contribution in [0.5, 0.6) is 0 Å². The molecule has 108 valence electrons. The van der Waals surface area contributed by atoms with E-state index >= 15 is 0 Å². The molecule has 3 fully saturated rings. The van der Waals surface area contributed by atoms with Crippen molar-refractivity contribution in [2.75, 3.05) is 12.3 Å². The predicted molar refractivity (Wildman–Crippen MR) is 84.9 cm³/mol. The smallest absolute Gasteiger partial charge is 0.157 e. The van der Waals surface area contributed by atoms with E-state index in [0.717, 1.165) is 6.54 Å². The van der Waals surface area contributed by atoms with Crippen LogP contribution in [-0.4, -0.2) is 23.0 Å². The van der Waals surface area contributed by atoms with Crippen molar-refractivity contribution in [3.63, 3.8) is 0 Å². The van der Waals surface area contributed by atoms with Crippen LogP contribution in [0.4, 0.5) is 0 Å². The van der Waals surface area contributed by atoms with Gasteiger partial charge in [0.1, 0.15) is 0 Å². The molecule has 3 rings (SSSR count). The Hall–Kier alpha value is -0.180. The van der Waals surface area contributed by atoms with Crippen molar-refractivity contribution in [1.29, 1.82) is 0 Å². The summed E-state index contributed by atoms with van der Waals surface area (Å²) in [4.78, 5) is 4.97. The van der Waals surface area contributed by atoms with E-state index in [1.807, 2.05) is 11.8 Å². The summed E-state index contributed by atoms with van der Waals surface area (Å²) in [5, 5.41) is 5.04. The highest BCUT2D eigenvalue weighted by molar-refractivity contribution is 8.14. The second-order valence-corrected chi connectivity index (χ2v) is 7.90. The molecule has 19 heavy (non-hydrogen) atoms. The van der Waals surface area contributed by atoms with Crippen molar-refractivity contribution in [1.82, 2.24) is 5.32 Å². The van der Waals surface area contributed by atoms with Crippen molar-refractivity contribution in [2.45, 2.75) is 76.7 Å². The molecule has 1 aliphatic heterocycles. The van der Waals surface area contributed by atoms with Crippen LogP contribution in [0.3, 0.4) is 0 Å². The molecule has 1 spiro atoms. The summed E-state index contributed by atoms with van der Waals surface area (Å²) in [5.74, 6) is 1.25. The van der Waals surface area contributed by atoms with E-state index in [2.05, 4.69) is 12.2 Å². The number of thioether (sulfide) groups is 1. The van der Waals surface area contributed by atoms with Crippen molar-refractivity contribution >= 4 is 16.9 Å². The van der Waals surface area contributed by atoms with E-state index in [0.29, 0.717) is 11.0 Å². The number of hydrogen-bond donors (Lipinski definition) is 1. The van der Waals surface area contributed by atoms with Gasteiger partial charge in [0.25, 0.3) is 0 Å². The summed E-state index contributed by atoms with van der Waals surface area (Å²) in [6.45, 7) is 3.41. The highest BCUT2D eigenvalue weighted by Gasteiger charge is 2.38. The van der Waals surface area contributed by atoms with Crippen LogP contribution in [0.2, 0.25) is 0 Å². The molecule has 0 atom stereocenters. The molecule has 0 aromatic heterocycles. The van der Waals surface area contributed by atoms with Crippen LogP contribution in [0, 0.1) is 5.41 Å². The first-order valence-corrected chi connectivity index (χ1v) is 9.20. The van der Waals surface area contributed by atoms with E-state index < -0.39 is 0 Å². The zero-order valence-corrected chi connectivity index (χ0v) is 13.2. The number of rotatable bonds is 3. The topological polar surface area (TPSA) is 24.4 Å². The van der Waals surface area contributed by atoms with E-state index in [1.54, 1.807) is 0 Å². The van der Waals surface area contributed by atoms with Crippen LogP contribution < -0.4 is 5.32 Å². The molecule has 3 heteroatoms. The molecule has 0 radical (unpaired) electrons. The number of nitrogens with zero attached hydrogens (tertiary/aromatic N) is 1. The van der Waals surface area contributed by atoms with Gasteiger partial charge >= 0.3 is 0 Å².